The molecule has 0 bridgehead atoms. The number of amides is 1. The molecule has 0 unspecified atom stereocenters. The van der Waals surface area contributed by atoms with E-state index in [9.17, 15) is 19.5 Å². The third-order valence-electron chi connectivity index (χ3n) is 5.24. The lowest BCUT2D eigenvalue weighted by Crippen LogP contribution is -2.39. The van der Waals surface area contributed by atoms with Gasteiger partial charge in [-0.05, 0) is 11.1 Å². The fourth-order valence-electron chi connectivity index (χ4n) is 3.66. The maximum Gasteiger partial charge on any atom is 0.330 e. The molecule has 0 fully saturated rings. The Morgan fingerprint density at radius 3 is 1.91 bits per heavy atom. The van der Waals surface area contributed by atoms with Crippen LogP contribution in [0.25, 0.3) is 22.4 Å². The van der Waals surface area contributed by atoms with Gasteiger partial charge >= 0.3 is 5.97 Å². The SMILES string of the molecule is Cn1nc(-c2ccccc2)c(-c2ccccc2)c(C(=O)N[C@H](C(=O)O)c2ccccc2)c1=O. The quantitative estimate of drug-likeness (QED) is 0.477. The van der Waals surface area contributed by atoms with E-state index in [2.05, 4.69) is 10.4 Å². The van der Waals surface area contributed by atoms with E-state index >= 15 is 0 Å². The van der Waals surface area contributed by atoms with Crippen LogP contribution in [-0.2, 0) is 11.8 Å². The van der Waals surface area contributed by atoms with Crippen molar-refractivity contribution in [3.63, 3.8) is 0 Å². The van der Waals surface area contributed by atoms with E-state index in [1.165, 1.54) is 7.05 Å². The van der Waals surface area contributed by atoms with Crippen LogP contribution in [0.15, 0.2) is 95.8 Å². The molecule has 1 atom stereocenters. The molecule has 0 spiro atoms. The van der Waals surface area contributed by atoms with Gasteiger partial charge in [0.1, 0.15) is 5.56 Å². The summed E-state index contributed by atoms with van der Waals surface area (Å²) >= 11 is 0. The Kier molecular flexibility index (Phi) is 6.13. The first-order valence-electron chi connectivity index (χ1n) is 10.3. The minimum atomic E-state index is -1.32. The fourth-order valence-corrected chi connectivity index (χ4v) is 3.66. The van der Waals surface area contributed by atoms with Crippen molar-refractivity contribution in [1.29, 1.82) is 0 Å². The third kappa shape index (κ3) is 4.43. The number of carbonyl (C=O) groups is 2. The molecule has 0 radical (unpaired) electrons. The van der Waals surface area contributed by atoms with Crippen molar-refractivity contribution in [3.8, 4) is 22.4 Å². The number of aliphatic carboxylic acids is 1. The lowest BCUT2D eigenvalue weighted by molar-refractivity contribution is -0.139. The Morgan fingerprint density at radius 2 is 1.36 bits per heavy atom. The van der Waals surface area contributed by atoms with Gasteiger partial charge in [-0.2, -0.15) is 5.10 Å². The number of aryl methyl sites for hydroxylation is 1. The van der Waals surface area contributed by atoms with Gasteiger partial charge in [0.25, 0.3) is 11.5 Å². The molecule has 4 aromatic rings. The normalized spacial score (nSPS) is 11.5. The van der Waals surface area contributed by atoms with Gasteiger partial charge in [-0.25, -0.2) is 9.48 Å². The highest BCUT2D eigenvalue weighted by Crippen LogP contribution is 2.32. The molecule has 164 valence electrons. The maximum atomic E-state index is 13.5. The van der Waals surface area contributed by atoms with Gasteiger partial charge < -0.3 is 10.4 Å². The summed E-state index contributed by atoms with van der Waals surface area (Å²) in [5.41, 5.74) is 1.74. The molecule has 1 aromatic heterocycles. The van der Waals surface area contributed by atoms with Crippen molar-refractivity contribution in [2.75, 3.05) is 0 Å². The van der Waals surface area contributed by atoms with Gasteiger partial charge in [0.2, 0.25) is 0 Å². The summed E-state index contributed by atoms with van der Waals surface area (Å²) in [6.45, 7) is 0. The van der Waals surface area contributed by atoms with Crippen LogP contribution in [-0.4, -0.2) is 26.8 Å². The number of nitrogens with one attached hydrogen (secondary N) is 1. The zero-order valence-corrected chi connectivity index (χ0v) is 17.8. The maximum absolute atomic E-state index is 13.5. The van der Waals surface area contributed by atoms with Crippen LogP contribution in [0.3, 0.4) is 0 Å². The number of hydrogen-bond acceptors (Lipinski definition) is 4. The zero-order chi connectivity index (χ0) is 23.4. The number of benzene rings is 3. The number of carbonyl (C=O) groups excluding carboxylic acids is 1. The largest absolute Gasteiger partial charge is 0.479 e. The molecule has 2 N–H and O–H groups in total. The third-order valence-corrected chi connectivity index (χ3v) is 5.24. The highest BCUT2D eigenvalue weighted by Gasteiger charge is 2.28. The second-order valence-electron chi connectivity index (χ2n) is 7.41. The topological polar surface area (TPSA) is 101 Å². The van der Waals surface area contributed by atoms with Gasteiger partial charge in [-0.3, -0.25) is 9.59 Å². The van der Waals surface area contributed by atoms with Crippen LogP contribution in [0.4, 0.5) is 0 Å². The minimum absolute atomic E-state index is 0.167. The Balaban J connectivity index is 1.92. The fraction of sp³-hybridized carbons (Fsp3) is 0.0769. The zero-order valence-electron chi connectivity index (χ0n) is 17.8. The van der Waals surface area contributed by atoms with Crippen LogP contribution < -0.4 is 10.9 Å². The van der Waals surface area contributed by atoms with Crippen molar-refractivity contribution >= 4 is 11.9 Å². The van der Waals surface area contributed by atoms with Gasteiger partial charge in [0.15, 0.2) is 6.04 Å². The summed E-state index contributed by atoms with van der Waals surface area (Å²) in [5.74, 6) is -2.02. The first kappa shape index (κ1) is 21.7. The summed E-state index contributed by atoms with van der Waals surface area (Å²) < 4.78 is 1.10. The molecule has 0 saturated carbocycles. The molecule has 4 rings (SSSR count). The minimum Gasteiger partial charge on any atom is -0.479 e. The predicted octanol–water partition coefficient (Wildman–Crippen LogP) is 3.67. The van der Waals surface area contributed by atoms with Gasteiger partial charge in [-0.1, -0.05) is 91.0 Å². The molecular weight excluding hydrogens is 418 g/mol. The smallest absolute Gasteiger partial charge is 0.330 e. The lowest BCUT2D eigenvalue weighted by atomic mass is 9.94. The van der Waals surface area contributed by atoms with Crippen molar-refractivity contribution in [2.24, 2.45) is 7.05 Å². The molecule has 33 heavy (non-hydrogen) atoms. The van der Waals surface area contributed by atoms with Crippen LogP contribution >= 0.6 is 0 Å². The van der Waals surface area contributed by atoms with Crippen LogP contribution in [0.5, 0.6) is 0 Å². The lowest BCUT2D eigenvalue weighted by Gasteiger charge is -2.18. The summed E-state index contributed by atoms with van der Waals surface area (Å²) in [7, 11) is 1.46. The second kappa shape index (κ2) is 9.32. The Morgan fingerprint density at radius 1 is 0.848 bits per heavy atom. The van der Waals surface area contributed by atoms with Gasteiger partial charge in [0.05, 0.1) is 5.69 Å². The summed E-state index contributed by atoms with van der Waals surface area (Å²) in [6.07, 6.45) is 0. The first-order chi connectivity index (χ1) is 16.0. The van der Waals surface area contributed by atoms with E-state index in [0.717, 1.165) is 10.2 Å². The molecule has 3 aromatic carbocycles. The Labute approximate surface area is 190 Å². The van der Waals surface area contributed by atoms with E-state index in [-0.39, 0.29) is 5.56 Å². The Hall–Kier alpha value is -4.52. The molecule has 7 nitrogen and oxygen atoms in total. The standard InChI is InChI=1S/C26H21N3O4/c1-29-25(31)21(24(30)27-23(26(32)33)19-15-9-4-10-16-19)20(17-11-5-2-6-12-17)22(28-29)18-13-7-3-8-14-18/h2-16,23H,1H3,(H,27,30)(H,32,33)/t23-/m0/s1. The van der Waals surface area contributed by atoms with E-state index in [1.807, 2.05) is 36.4 Å². The highest BCUT2D eigenvalue weighted by atomic mass is 16.4. The predicted molar refractivity (Wildman–Crippen MR) is 125 cm³/mol. The van der Waals surface area contributed by atoms with Crippen molar-refractivity contribution in [1.82, 2.24) is 15.1 Å². The summed E-state index contributed by atoms with van der Waals surface area (Å²) in [6, 6.07) is 25.2. The monoisotopic (exact) mass is 439 g/mol. The van der Waals surface area contributed by atoms with E-state index in [0.29, 0.717) is 22.4 Å². The molecule has 7 heteroatoms. The van der Waals surface area contributed by atoms with Crippen LogP contribution in [0.1, 0.15) is 22.0 Å². The molecule has 0 aliphatic heterocycles. The van der Waals surface area contributed by atoms with Crippen molar-refractivity contribution < 1.29 is 14.7 Å². The van der Waals surface area contributed by atoms with Gasteiger partial charge in [0, 0.05) is 18.2 Å². The highest BCUT2D eigenvalue weighted by molar-refractivity contribution is 6.05. The average molecular weight is 439 g/mol. The second-order valence-corrected chi connectivity index (χ2v) is 7.41. The first-order valence-corrected chi connectivity index (χ1v) is 10.3. The molecule has 1 heterocycles. The molecule has 0 aliphatic rings. The molecule has 0 saturated heterocycles. The molecule has 1 amide bonds. The van der Waals surface area contributed by atoms with E-state index < -0.39 is 23.5 Å². The Bertz CT molecular complexity index is 1350. The number of carboxylic acid groups (broad SMARTS) is 1. The van der Waals surface area contributed by atoms with Crippen LogP contribution in [0, 0.1) is 0 Å². The molecular formula is C26H21N3O4. The van der Waals surface area contributed by atoms with Crippen molar-refractivity contribution in [2.45, 2.75) is 6.04 Å². The number of hydrogen-bond donors (Lipinski definition) is 2. The van der Waals surface area contributed by atoms with Gasteiger partial charge in [-0.15, -0.1) is 0 Å². The number of aromatic nitrogens is 2. The van der Waals surface area contributed by atoms with E-state index in [4.69, 9.17) is 0 Å². The molecule has 0 aliphatic carbocycles. The number of carboxylic acids is 1. The number of rotatable bonds is 6. The van der Waals surface area contributed by atoms with Crippen molar-refractivity contribution in [3.05, 3.63) is 112 Å². The average Bonchev–Trinajstić information content (AvgIpc) is 2.85. The van der Waals surface area contributed by atoms with Crippen LogP contribution in [0.2, 0.25) is 0 Å². The number of nitrogens with zero attached hydrogens (tertiary/aromatic N) is 2. The van der Waals surface area contributed by atoms with E-state index in [1.54, 1.807) is 54.6 Å². The summed E-state index contributed by atoms with van der Waals surface area (Å²) in [5, 5.41) is 16.7. The summed E-state index contributed by atoms with van der Waals surface area (Å²) in [4.78, 5) is 38.6.